The van der Waals surface area contributed by atoms with Crippen LogP contribution in [0.1, 0.15) is 31.8 Å². The van der Waals surface area contributed by atoms with Crippen LogP contribution in [-0.4, -0.2) is 26.0 Å². The Labute approximate surface area is 210 Å². The molecule has 6 nitrogen and oxygen atoms in total. The molecule has 0 spiro atoms. The highest BCUT2D eigenvalue weighted by Gasteiger charge is 2.11. The number of benzene rings is 4. The second-order valence-corrected chi connectivity index (χ2v) is 8.42. The molecule has 36 heavy (non-hydrogen) atoms. The van der Waals surface area contributed by atoms with Crippen molar-refractivity contribution in [2.75, 3.05) is 24.9 Å². The van der Waals surface area contributed by atoms with E-state index in [0.29, 0.717) is 22.6 Å². The molecule has 0 aliphatic heterocycles. The van der Waals surface area contributed by atoms with Gasteiger partial charge in [0.25, 0.3) is 11.8 Å². The zero-order valence-corrected chi connectivity index (χ0v) is 20.7. The second-order valence-electron chi connectivity index (χ2n) is 8.42. The summed E-state index contributed by atoms with van der Waals surface area (Å²) in [4.78, 5) is 25.3. The summed E-state index contributed by atoms with van der Waals surface area (Å²) in [5.74, 6) is 1.05. The molecule has 2 N–H and O–H groups in total. The topological polar surface area (TPSA) is 76.7 Å². The Bertz CT molecular complexity index is 1280. The molecule has 0 fully saturated rings. The van der Waals surface area contributed by atoms with Crippen LogP contribution in [0.5, 0.6) is 11.5 Å². The van der Waals surface area contributed by atoms with Crippen molar-refractivity contribution < 1.29 is 19.1 Å². The molecule has 0 aliphatic rings. The van der Waals surface area contributed by atoms with Crippen LogP contribution in [0.4, 0.5) is 11.4 Å². The Hall–Kier alpha value is -4.58. The number of anilines is 2. The van der Waals surface area contributed by atoms with Gasteiger partial charge in [0.1, 0.15) is 11.5 Å². The molecular formula is C30H28N2O4. The van der Waals surface area contributed by atoms with Gasteiger partial charge < -0.3 is 20.1 Å². The summed E-state index contributed by atoms with van der Waals surface area (Å²) < 4.78 is 10.3. The van der Waals surface area contributed by atoms with E-state index in [1.165, 1.54) is 0 Å². The molecule has 0 unspecified atom stereocenters. The smallest absolute Gasteiger partial charge is 0.255 e. The standard InChI is InChI=1S/C30H28N2O4/c1-19-17-23(9-15-27(19)31-29(33)21-5-11-25(35-3)12-6-21)24-10-16-28(20(2)18-24)32-30(34)22-7-13-26(36-4)14-8-22/h5-18H,1-4H3,(H,31,33)(H,32,34). The first kappa shape index (κ1) is 24.5. The van der Waals surface area contributed by atoms with Crippen LogP contribution < -0.4 is 20.1 Å². The van der Waals surface area contributed by atoms with Crippen molar-refractivity contribution in [2.45, 2.75) is 13.8 Å². The molecule has 4 rings (SSSR count). The lowest BCUT2D eigenvalue weighted by Gasteiger charge is -2.13. The molecule has 0 bridgehead atoms. The predicted octanol–water partition coefficient (Wildman–Crippen LogP) is 6.49. The zero-order valence-electron chi connectivity index (χ0n) is 20.7. The fourth-order valence-electron chi connectivity index (χ4n) is 3.84. The van der Waals surface area contributed by atoms with Gasteiger partial charge in [-0.2, -0.15) is 0 Å². The Morgan fingerprint density at radius 2 is 0.917 bits per heavy atom. The molecular weight excluding hydrogens is 452 g/mol. The number of aryl methyl sites for hydroxylation is 2. The van der Waals surface area contributed by atoms with E-state index in [1.807, 2.05) is 50.2 Å². The van der Waals surface area contributed by atoms with Gasteiger partial charge in [-0.15, -0.1) is 0 Å². The average molecular weight is 481 g/mol. The van der Waals surface area contributed by atoms with Crippen molar-refractivity contribution in [3.63, 3.8) is 0 Å². The van der Waals surface area contributed by atoms with Crippen LogP contribution in [0, 0.1) is 13.8 Å². The minimum absolute atomic E-state index is 0.179. The number of methoxy groups -OCH3 is 2. The Kier molecular flexibility index (Phi) is 7.35. The van der Waals surface area contributed by atoms with Gasteiger partial charge in [-0.25, -0.2) is 0 Å². The van der Waals surface area contributed by atoms with Crippen LogP contribution in [0.3, 0.4) is 0 Å². The van der Waals surface area contributed by atoms with Crippen molar-refractivity contribution in [2.24, 2.45) is 0 Å². The van der Waals surface area contributed by atoms with E-state index >= 15 is 0 Å². The van der Waals surface area contributed by atoms with Gasteiger partial charge in [0, 0.05) is 22.5 Å². The van der Waals surface area contributed by atoms with Gasteiger partial charge in [-0.1, -0.05) is 12.1 Å². The summed E-state index contributed by atoms with van der Waals surface area (Å²) in [5.41, 5.74) is 6.55. The molecule has 0 saturated carbocycles. The van der Waals surface area contributed by atoms with Crippen LogP contribution >= 0.6 is 0 Å². The lowest BCUT2D eigenvalue weighted by Crippen LogP contribution is -2.13. The highest BCUT2D eigenvalue weighted by molar-refractivity contribution is 6.05. The third-order valence-corrected chi connectivity index (χ3v) is 5.99. The van der Waals surface area contributed by atoms with Crippen molar-refractivity contribution in [1.29, 1.82) is 0 Å². The van der Waals surface area contributed by atoms with E-state index in [0.717, 1.165) is 33.6 Å². The molecule has 0 radical (unpaired) electrons. The van der Waals surface area contributed by atoms with Gasteiger partial charge >= 0.3 is 0 Å². The maximum Gasteiger partial charge on any atom is 0.255 e. The van der Waals surface area contributed by atoms with Crippen LogP contribution in [-0.2, 0) is 0 Å². The van der Waals surface area contributed by atoms with E-state index in [1.54, 1.807) is 62.8 Å². The maximum atomic E-state index is 12.6. The predicted molar refractivity (Wildman–Crippen MR) is 143 cm³/mol. The summed E-state index contributed by atoms with van der Waals surface area (Å²) >= 11 is 0. The number of hydrogen-bond acceptors (Lipinski definition) is 4. The fraction of sp³-hybridized carbons (Fsp3) is 0.133. The summed E-state index contributed by atoms with van der Waals surface area (Å²) in [6, 6.07) is 25.8. The van der Waals surface area contributed by atoms with Gasteiger partial charge in [0.15, 0.2) is 0 Å². The third-order valence-electron chi connectivity index (χ3n) is 5.99. The molecule has 0 aliphatic carbocycles. The number of hydrogen-bond donors (Lipinski definition) is 2. The van der Waals surface area contributed by atoms with Crippen LogP contribution in [0.25, 0.3) is 11.1 Å². The second kappa shape index (κ2) is 10.8. The summed E-state index contributed by atoms with van der Waals surface area (Å²) in [5, 5.41) is 5.94. The third kappa shape index (κ3) is 5.55. The molecule has 2 amide bonds. The van der Waals surface area contributed by atoms with E-state index in [2.05, 4.69) is 10.6 Å². The van der Waals surface area contributed by atoms with Gasteiger partial charge in [0.2, 0.25) is 0 Å². The maximum absolute atomic E-state index is 12.6. The Morgan fingerprint density at radius 1 is 0.556 bits per heavy atom. The average Bonchev–Trinajstić information content (AvgIpc) is 2.91. The Morgan fingerprint density at radius 3 is 1.22 bits per heavy atom. The first-order chi connectivity index (χ1) is 17.4. The van der Waals surface area contributed by atoms with Crippen molar-refractivity contribution in [1.82, 2.24) is 0 Å². The molecule has 0 atom stereocenters. The van der Waals surface area contributed by atoms with Gasteiger partial charge in [0.05, 0.1) is 14.2 Å². The SMILES string of the molecule is COc1ccc(C(=O)Nc2ccc(-c3ccc(NC(=O)c4ccc(OC)cc4)c(C)c3)cc2C)cc1. The van der Waals surface area contributed by atoms with E-state index in [9.17, 15) is 9.59 Å². The number of nitrogens with one attached hydrogen (secondary N) is 2. The fourth-order valence-corrected chi connectivity index (χ4v) is 3.84. The minimum atomic E-state index is -0.179. The summed E-state index contributed by atoms with van der Waals surface area (Å²) in [6.07, 6.45) is 0. The first-order valence-corrected chi connectivity index (χ1v) is 11.5. The van der Waals surface area contributed by atoms with Crippen LogP contribution in [0.15, 0.2) is 84.9 Å². The summed E-state index contributed by atoms with van der Waals surface area (Å²) in [6.45, 7) is 3.92. The lowest BCUT2D eigenvalue weighted by molar-refractivity contribution is 0.101. The molecule has 6 heteroatoms. The zero-order chi connectivity index (χ0) is 25.7. The molecule has 0 saturated heterocycles. The largest absolute Gasteiger partial charge is 0.497 e. The molecule has 0 heterocycles. The molecule has 0 aromatic heterocycles. The van der Waals surface area contributed by atoms with E-state index < -0.39 is 0 Å². The normalized spacial score (nSPS) is 10.4. The number of amides is 2. The quantitative estimate of drug-likeness (QED) is 0.317. The number of ether oxygens (including phenoxy) is 2. The van der Waals surface area contributed by atoms with Gasteiger partial charge in [-0.05, 0) is 109 Å². The number of rotatable bonds is 7. The van der Waals surface area contributed by atoms with Crippen molar-refractivity contribution >= 4 is 23.2 Å². The van der Waals surface area contributed by atoms with E-state index in [-0.39, 0.29) is 11.8 Å². The molecule has 4 aromatic rings. The van der Waals surface area contributed by atoms with Crippen molar-refractivity contribution in [3.8, 4) is 22.6 Å². The minimum Gasteiger partial charge on any atom is -0.497 e. The molecule has 4 aromatic carbocycles. The first-order valence-electron chi connectivity index (χ1n) is 11.5. The molecule has 182 valence electrons. The van der Waals surface area contributed by atoms with Crippen LogP contribution in [0.2, 0.25) is 0 Å². The monoisotopic (exact) mass is 480 g/mol. The highest BCUT2D eigenvalue weighted by Crippen LogP contribution is 2.29. The number of carbonyl (C=O) groups is 2. The Balaban J connectivity index is 1.46. The highest BCUT2D eigenvalue weighted by atomic mass is 16.5. The van der Waals surface area contributed by atoms with Gasteiger partial charge in [-0.3, -0.25) is 9.59 Å². The van der Waals surface area contributed by atoms with Crippen molar-refractivity contribution in [3.05, 3.63) is 107 Å². The number of carbonyl (C=O) groups excluding carboxylic acids is 2. The van der Waals surface area contributed by atoms with E-state index in [4.69, 9.17) is 9.47 Å². The summed E-state index contributed by atoms with van der Waals surface area (Å²) in [7, 11) is 3.18. The lowest BCUT2D eigenvalue weighted by atomic mass is 9.99.